The van der Waals surface area contributed by atoms with Crippen molar-refractivity contribution in [2.45, 2.75) is 344 Å². The molecule has 0 saturated carbocycles. The van der Waals surface area contributed by atoms with Crippen LogP contribution >= 0.6 is 0 Å². The maximum absolute atomic E-state index is 12.9. The van der Waals surface area contributed by atoms with E-state index in [2.05, 4.69) is 77.0 Å². The fraction of sp³-hybridized carbons (Fsp3) is 0.883. The summed E-state index contributed by atoms with van der Waals surface area (Å²) in [4.78, 5) is 45.6. The second kappa shape index (κ2) is 52.2. The van der Waals surface area contributed by atoms with E-state index < -0.39 is 0 Å². The van der Waals surface area contributed by atoms with Gasteiger partial charge in [0.2, 0.25) is 0 Å². The van der Waals surface area contributed by atoms with E-state index in [0.29, 0.717) is 26.4 Å². The predicted molar refractivity (Wildman–Crippen MR) is 372 cm³/mol. The summed E-state index contributed by atoms with van der Waals surface area (Å²) in [6.45, 7) is 34.0. The zero-order valence-corrected chi connectivity index (χ0v) is 59.9. The Morgan fingerprint density at radius 1 is 0.371 bits per heavy atom. The van der Waals surface area contributed by atoms with Crippen molar-refractivity contribution in [3.05, 3.63) is 34.9 Å². The van der Waals surface area contributed by atoms with Crippen molar-refractivity contribution in [2.75, 3.05) is 78.7 Å². The van der Waals surface area contributed by atoms with Crippen LogP contribution in [0.15, 0.2) is 34.9 Å². The van der Waals surface area contributed by atoms with Crippen molar-refractivity contribution < 1.29 is 42.8 Å². The van der Waals surface area contributed by atoms with Crippen LogP contribution in [0.2, 0.25) is 0 Å². The van der Waals surface area contributed by atoms with Gasteiger partial charge >= 0.3 is 0 Å². The lowest BCUT2D eigenvalue weighted by molar-refractivity contribution is -0.172. The van der Waals surface area contributed by atoms with E-state index in [1.54, 1.807) is 0 Å². The van der Waals surface area contributed by atoms with Crippen LogP contribution in [0.1, 0.15) is 307 Å². The van der Waals surface area contributed by atoms with Crippen LogP contribution in [-0.4, -0.2) is 148 Å². The molecule has 0 bridgehead atoms. The highest BCUT2D eigenvalue weighted by Gasteiger charge is 2.37. The number of rotatable bonds is 47. The Morgan fingerprint density at radius 2 is 0.618 bits per heavy atom. The second-order valence-electron chi connectivity index (χ2n) is 28.0. The van der Waals surface area contributed by atoms with E-state index in [0.717, 1.165) is 88.3 Å². The summed E-state index contributed by atoms with van der Waals surface area (Å²) in [5.41, 5.74) is 2.65. The Kier molecular flexibility index (Phi) is 47.6. The minimum atomic E-state index is -0.387. The highest BCUT2D eigenvalue weighted by Crippen LogP contribution is 2.28. The van der Waals surface area contributed by atoms with Gasteiger partial charge in [0.05, 0.1) is 19.8 Å². The fourth-order valence-electron chi connectivity index (χ4n) is 12.8. The molecule has 5 aliphatic rings. The number of Topliss-reactive ketones (excluding diaryl/α,β-unsaturated/α-hetero) is 3. The number of likely N-dealkylation sites (N-methyl/N-ethyl adjacent to an activating group) is 1. The molecule has 5 rings (SSSR count). The number of likely N-dealkylation sites (tertiary alicyclic amines) is 2. The summed E-state index contributed by atoms with van der Waals surface area (Å²) >= 11 is 0. The molecule has 0 aromatic carbocycles. The number of carbonyl (C=O) groups excluding carboxylic acids is 3. The van der Waals surface area contributed by atoms with Gasteiger partial charge < -0.3 is 28.4 Å². The first-order chi connectivity index (χ1) is 43.3. The monoisotopic (exact) mass is 1250 g/mol. The number of carbonyl (C=O) groups is 3. The number of ketones is 3. The lowest BCUT2D eigenvalue weighted by atomic mass is 9.94. The SMILES string of the molecule is CCCCCCCCCCCCCCCCOC1C=C(CN(CC)CC)C(=O)C(C(C)C)O1.CCCCCCCCCCCCOC1C=C(CN2CCCCC2)C(=O)C(C(C)C)O1.CCCCCCCCOC1C=C(CN2CCCCC2)C(=O)C(C(C)C)O1. The topological polar surface area (TPSA) is 116 Å². The molecule has 2 fully saturated rings. The smallest absolute Gasteiger partial charge is 0.189 e. The summed E-state index contributed by atoms with van der Waals surface area (Å²) in [7, 11) is 0. The van der Waals surface area contributed by atoms with Crippen LogP contribution in [-0.2, 0) is 42.8 Å². The molecule has 0 spiro atoms. The summed E-state index contributed by atoms with van der Waals surface area (Å²) in [6.07, 6.45) is 50.8. The molecule has 0 aliphatic carbocycles. The van der Waals surface area contributed by atoms with Gasteiger partial charge in [0.15, 0.2) is 36.2 Å². The molecule has 0 N–H and O–H groups in total. The number of hydrogen-bond acceptors (Lipinski definition) is 12. The highest BCUT2D eigenvalue weighted by atomic mass is 16.7. The third-order valence-corrected chi connectivity index (χ3v) is 18.7. The number of ether oxygens (including phenoxy) is 6. The summed E-state index contributed by atoms with van der Waals surface area (Å²) in [5.74, 6) is 0.955. The van der Waals surface area contributed by atoms with Gasteiger partial charge in [0.1, 0.15) is 18.3 Å². The van der Waals surface area contributed by atoms with Gasteiger partial charge in [0.25, 0.3) is 0 Å². The lowest BCUT2D eigenvalue weighted by Crippen LogP contribution is -2.43. The first-order valence-corrected chi connectivity index (χ1v) is 38.0. The van der Waals surface area contributed by atoms with Gasteiger partial charge in [-0.2, -0.15) is 0 Å². The number of piperidine rings is 2. The van der Waals surface area contributed by atoms with Crippen molar-refractivity contribution >= 4 is 17.3 Å². The molecule has 12 heteroatoms. The van der Waals surface area contributed by atoms with Crippen LogP contribution in [0.3, 0.4) is 0 Å². The minimum absolute atomic E-state index is 0.133. The molecule has 0 aromatic heterocycles. The van der Waals surface area contributed by atoms with Gasteiger partial charge in [-0.25, -0.2) is 0 Å². The zero-order chi connectivity index (χ0) is 64.7. The van der Waals surface area contributed by atoms with Crippen molar-refractivity contribution in [1.82, 2.24) is 14.7 Å². The van der Waals surface area contributed by atoms with Gasteiger partial charge in [-0.3, -0.25) is 29.1 Å². The maximum atomic E-state index is 12.9. The quantitative estimate of drug-likeness (QED) is 0.0540. The van der Waals surface area contributed by atoms with E-state index in [4.69, 9.17) is 28.4 Å². The average molecular weight is 1250 g/mol. The summed E-state index contributed by atoms with van der Waals surface area (Å²) in [6, 6.07) is 0. The normalized spacial score (nSPS) is 22.1. The van der Waals surface area contributed by atoms with E-state index in [1.807, 2.05) is 32.1 Å². The van der Waals surface area contributed by atoms with Crippen LogP contribution in [0.4, 0.5) is 0 Å². The Morgan fingerprint density at radius 3 is 0.876 bits per heavy atom. The molecular weight excluding hydrogens is 1110 g/mol. The third kappa shape index (κ3) is 36.4. The standard InChI is InChI=1S/C29H55NO3.C26H47NO3.C22H39NO3/c1-6-9-10-11-12-13-14-15-16-17-18-19-20-21-22-32-27-23-26(24-30(7-2)8-3)28(31)29(33-27)25(4)5;1-4-5-6-7-8-9-10-11-12-16-19-29-24-20-23(21-27-17-14-13-15-18-27)25(28)26(30-24)22(2)3;1-4-5-6-7-8-12-15-25-20-16-19(17-23-13-10-9-11-14-23)21(24)22(26-20)18(2)3/h23,25,27,29H,6-22,24H2,1-5H3;20,22,24,26H,4-19,21H2,1-3H3;16,18,20,22H,4-15,17H2,1-3H3. The fourth-order valence-corrected chi connectivity index (χ4v) is 12.8. The molecule has 0 aromatic rings. The molecule has 12 nitrogen and oxygen atoms in total. The molecule has 89 heavy (non-hydrogen) atoms. The molecule has 6 unspecified atom stereocenters. The van der Waals surface area contributed by atoms with Crippen LogP contribution < -0.4 is 0 Å². The summed E-state index contributed by atoms with van der Waals surface area (Å²) in [5, 5.41) is 0. The Balaban J connectivity index is 0.000000351. The molecule has 2 saturated heterocycles. The zero-order valence-electron chi connectivity index (χ0n) is 59.9. The van der Waals surface area contributed by atoms with E-state index in [9.17, 15) is 14.4 Å². The van der Waals surface area contributed by atoms with Gasteiger partial charge in [-0.1, -0.05) is 262 Å². The largest absolute Gasteiger partial charge is 0.349 e. The van der Waals surface area contributed by atoms with Gasteiger partial charge in [0, 0.05) is 36.4 Å². The Labute approximate surface area is 548 Å². The number of hydrogen-bond donors (Lipinski definition) is 0. The Hall–Kier alpha value is -2.13. The van der Waals surface area contributed by atoms with E-state index in [1.165, 1.54) is 212 Å². The maximum Gasteiger partial charge on any atom is 0.189 e. The van der Waals surface area contributed by atoms with Crippen molar-refractivity contribution in [2.24, 2.45) is 17.8 Å². The number of nitrogens with zero attached hydrogens (tertiary/aromatic N) is 3. The van der Waals surface area contributed by atoms with Gasteiger partial charge in [-0.15, -0.1) is 0 Å². The predicted octanol–water partition coefficient (Wildman–Crippen LogP) is 18.7. The minimum Gasteiger partial charge on any atom is -0.349 e. The molecule has 5 heterocycles. The molecule has 0 radical (unpaired) electrons. The highest BCUT2D eigenvalue weighted by molar-refractivity contribution is 6.01. The van der Waals surface area contributed by atoms with Crippen molar-refractivity contribution in [1.29, 1.82) is 0 Å². The molecule has 5 aliphatic heterocycles. The number of unbranched alkanes of at least 4 members (excludes halogenated alkanes) is 27. The van der Waals surface area contributed by atoms with Crippen LogP contribution in [0, 0.1) is 17.8 Å². The third-order valence-electron chi connectivity index (χ3n) is 18.7. The first-order valence-electron chi connectivity index (χ1n) is 38.0. The van der Waals surface area contributed by atoms with Crippen molar-refractivity contribution in [3.8, 4) is 0 Å². The first kappa shape index (κ1) is 81.1. The molecule has 0 amide bonds. The Bertz CT molecular complexity index is 1870. The van der Waals surface area contributed by atoms with Gasteiger partial charge in [-0.05, 0) is 120 Å². The van der Waals surface area contributed by atoms with E-state index in [-0.39, 0.29) is 72.3 Å². The van der Waals surface area contributed by atoms with Crippen LogP contribution in [0.25, 0.3) is 0 Å². The molecular formula is C77H141N3O9. The molecule has 518 valence electrons. The summed E-state index contributed by atoms with van der Waals surface area (Å²) < 4.78 is 36.0. The molecule has 6 atom stereocenters. The second-order valence-corrected chi connectivity index (χ2v) is 28.0. The van der Waals surface area contributed by atoms with Crippen LogP contribution in [0.5, 0.6) is 0 Å². The van der Waals surface area contributed by atoms with E-state index >= 15 is 0 Å². The van der Waals surface area contributed by atoms with Crippen molar-refractivity contribution in [3.63, 3.8) is 0 Å². The lowest BCUT2D eigenvalue weighted by Gasteiger charge is -2.33. The average Bonchev–Trinajstić information content (AvgIpc) is 3.72.